The van der Waals surface area contributed by atoms with E-state index in [1.165, 1.54) is 18.3 Å². The second-order valence-corrected chi connectivity index (χ2v) is 3.43. The van der Waals surface area contributed by atoms with Crippen LogP contribution in [0.3, 0.4) is 0 Å². The van der Waals surface area contributed by atoms with E-state index in [-0.39, 0.29) is 12.2 Å². The topological polar surface area (TPSA) is 77.2 Å². The van der Waals surface area contributed by atoms with Crippen LogP contribution in [-0.2, 0) is 11.3 Å². The molecule has 0 atom stereocenters. The number of nitrogens with two attached hydrogens (primary N) is 1. The fourth-order valence-corrected chi connectivity index (χ4v) is 1.09. The largest absolute Gasteiger partial charge is 0.391 e. The Morgan fingerprint density at radius 1 is 1.44 bits per heavy atom. The van der Waals surface area contributed by atoms with Crippen molar-refractivity contribution in [1.82, 2.24) is 10.4 Å². The van der Waals surface area contributed by atoms with E-state index in [2.05, 4.69) is 4.98 Å². The minimum atomic E-state index is -4.23. The lowest BCUT2D eigenvalue weighted by Crippen LogP contribution is -2.30. The molecule has 0 aliphatic heterocycles. The molecule has 0 saturated carbocycles. The summed E-state index contributed by atoms with van der Waals surface area (Å²) in [5.74, 6) is 4.43. The summed E-state index contributed by atoms with van der Waals surface area (Å²) in [6, 6.07) is 2.94. The third-order valence-corrected chi connectivity index (χ3v) is 2.00. The molecule has 8 heteroatoms. The third-order valence-electron chi connectivity index (χ3n) is 2.00. The number of nitrogens with zero attached hydrogens (tertiary/aromatic N) is 1. The van der Waals surface area contributed by atoms with Crippen LogP contribution < -0.4 is 11.3 Å². The zero-order valence-electron chi connectivity index (χ0n) is 9.33. The van der Waals surface area contributed by atoms with Gasteiger partial charge in [-0.15, -0.1) is 0 Å². The predicted molar refractivity (Wildman–Crippen MR) is 56.2 cm³/mol. The van der Waals surface area contributed by atoms with Crippen LogP contribution in [0.15, 0.2) is 18.3 Å². The van der Waals surface area contributed by atoms with Gasteiger partial charge in [0.05, 0.1) is 30.9 Å². The van der Waals surface area contributed by atoms with Gasteiger partial charge in [0, 0.05) is 6.20 Å². The molecule has 0 aromatic carbocycles. The maximum absolute atomic E-state index is 11.8. The number of aromatic nitrogens is 1. The number of halogens is 3. The van der Waals surface area contributed by atoms with Crippen LogP contribution in [0.1, 0.15) is 22.5 Å². The van der Waals surface area contributed by atoms with Gasteiger partial charge in [-0.2, -0.15) is 13.2 Å². The van der Waals surface area contributed by atoms with Crippen LogP contribution in [0.25, 0.3) is 0 Å². The number of amides is 1. The molecule has 0 fully saturated rings. The second kappa shape index (κ2) is 6.31. The summed E-state index contributed by atoms with van der Waals surface area (Å²) in [4.78, 5) is 14.9. The average Bonchev–Trinajstić information content (AvgIpc) is 2.33. The maximum Gasteiger partial charge on any atom is 0.391 e. The molecule has 1 aromatic rings. The summed E-state index contributed by atoms with van der Waals surface area (Å²) in [6.07, 6.45) is -3.96. The van der Waals surface area contributed by atoms with Gasteiger partial charge in [0.2, 0.25) is 0 Å². The number of pyridine rings is 1. The summed E-state index contributed by atoms with van der Waals surface area (Å²) < 4.78 is 40.2. The molecular weight excluding hydrogens is 251 g/mol. The molecule has 5 nitrogen and oxygen atoms in total. The average molecular weight is 263 g/mol. The smallest absolute Gasteiger partial charge is 0.375 e. The Morgan fingerprint density at radius 2 is 2.17 bits per heavy atom. The molecule has 1 rings (SSSR count). The number of rotatable bonds is 5. The number of alkyl halides is 3. The van der Waals surface area contributed by atoms with Crippen LogP contribution in [-0.4, -0.2) is 23.7 Å². The Balaban J connectivity index is 2.38. The van der Waals surface area contributed by atoms with Crippen LogP contribution in [0.5, 0.6) is 0 Å². The van der Waals surface area contributed by atoms with Crippen molar-refractivity contribution in [3.8, 4) is 0 Å². The number of ether oxygens (including phenoxy) is 1. The number of hydrogen-bond donors (Lipinski definition) is 2. The fraction of sp³-hybridized carbons (Fsp3) is 0.400. The van der Waals surface area contributed by atoms with Gasteiger partial charge >= 0.3 is 6.18 Å². The minimum absolute atomic E-state index is 0.0411. The van der Waals surface area contributed by atoms with Crippen molar-refractivity contribution in [3.63, 3.8) is 0 Å². The second-order valence-electron chi connectivity index (χ2n) is 3.43. The van der Waals surface area contributed by atoms with E-state index in [4.69, 9.17) is 10.6 Å². The van der Waals surface area contributed by atoms with Crippen LogP contribution >= 0.6 is 0 Å². The quantitative estimate of drug-likeness (QED) is 0.361. The maximum atomic E-state index is 11.8. The van der Waals surface area contributed by atoms with E-state index >= 15 is 0 Å². The monoisotopic (exact) mass is 263 g/mol. The molecule has 1 heterocycles. The lowest BCUT2D eigenvalue weighted by atomic mass is 10.2. The summed E-state index contributed by atoms with van der Waals surface area (Å²) in [5.41, 5.74) is 2.63. The van der Waals surface area contributed by atoms with E-state index < -0.39 is 25.1 Å². The van der Waals surface area contributed by atoms with E-state index in [0.29, 0.717) is 5.69 Å². The molecule has 0 aliphatic rings. The van der Waals surface area contributed by atoms with Crippen LogP contribution in [0.4, 0.5) is 13.2 Å². The number of carbonyl (C=O) groups is 1. The van der Waals surface area contributed by atoms with Gasteiger partial charge in [0.15, 0.2) is 0 Å². The molecule has 3 N–H and O–H groups in total. The Morgan fingerprint density at radius 3 is 2.67 bits per heavy atom. The van der Waals surface area contributed by atoms with E-state index in [9.17, 15) is 18.0 Å². The van der Waals surface area contributed by atoms with Gasteiger partial charge in [-0.1, -0.05) is 0 Å². The highest BCUT2D eigenvalue weighted by Crippen LogP contribution is 2.19. The highest BCUT2D eigenvalue weighted by molar-refractivity contribution is 5.93. The van der Waals surface area contributed by atoms with Crippen molar-refractivity contribution in [3.05, 3.63) is 29.6 Å². The molecular formula is C10H12F3N3O2. The first kappa shape index (κ1) is 14.4. The Kier molecular flexibility index (Phi) is 5.05. The molecule has 0 radical (unpaired) electrons. The van der Waals surface area contributed by atoms with E-state index in [0.717, 1.165) is 0 Å². The SMILES string of the molecule is NNC(=O)c1ccc(COCCC(F)(F)F)nc1. The van der Waals surface area contributed by atoms with Crippen molar-refractivity contribution in [2.75, 3.05) is 6.61 Å². The van der Waals surface area contributed by atoms with Gasteiger partial charge in [0.25, 0.3) is 5.91 Å². The lowest BCUT2D eigenvalue weighted by Gasteiger charge is -2.07. The highest BCUT2D eigenvalue weighted by Gasteiger charge is 2.26. The van der Waals surface area contributed by atoms with Crippen LogP contribution in [0, 0.1) is 0 Å². The molecule has 0 saturated heterocycles. The van der Waals surface area contributed by atoms with E-state index in [1.54, 1.807) is 0 Å². The van der Waals surface area contributed by atoms with Crippen molar-refractivity contribution in [1.29, 1.82) is 0 Å². The molecule has 100 valence electrons. The first-order valence-electron chi connectivity index (χ1n) is 5.03. The number of hydrogen-bond acceptors (Lipinski definition) is 4. The van der Waals surface area contributed by atoms with Gasteiger partial charge in [-0.3, -0.25) is 15.2 Å². The van der Waals surface area contributed by atoms with Crippen molar-refractivity contribution < 1.29 is 22.7 Å². The summed E-state index contributed by atoms with van der Waals surface area (Å²) in [5, 5.41) is 0. The Labute approximate surface area is 101 Å². The van der Waals surface area contributed by atoms with Gasteiger partial charge < -0.3 is 4.74 Å². The standard InChI is InChI=1S/C10H12F3N3O2/c11-10(12,13)3-4-18-6-8-2-1-7(5-15-8)9(17)16-14/h1-2,5H,3-4,6,14H2,(H,16,17). The number of hydrazine groups is 1. The Hall–Kier alpha value is -1.67. The van der Waals surface area contributed by atoms with Crippen molar-refractivity contribution in [2.24, 2.45) is 5.84 Å². The number of nitrogen functional groups attached to an aromatic ring is 1. The highest BCUT2D eigenvalue weighted by atomic mass is 19.4. The predicted octanol–water partition coefficient (Wildman–Crippen LogP) is 1.15. The number of carbonyl (C=O) groups excluding carboxylic acids is 1. The fourth-order valence-electron chi connectivity index (χ4n) is 1.09. The Bertz CT molecular complexity index is 392. The summed E-state index contributed by atoms with van der Waals surface area (Å²) >= 11 is 0. The molecule has 0 spiro atoms. The zero-order chi connectivity index (χ0) is 13.6. The lowest BCUT2D eigenvalue weighted by molar-refractivity contribution is -0.146. The van der Waals surface area contributed by atoms with Crippen molar-refractivity contribution in [2.45, 2.75) is 19.2 Å². The molecule has 0 bridgehead atoms. The first-order chi connectivity index (χ1) is 8.42. The van der Waals surface area contributed by atoms with Crippen LogP contribution in [0.2, 0.25) is 0 Å². The number of nitrogens with one attached hydrogen (secondary N) is 1. The van der Waals surface area contributed by atoms with Gasteiger partial charge in [-0.25, -0.2) is 5.84 Å². The third kappa shape index (κ3) is 5.11. The molecule has 1 amide bonds. The van der Waals surface area contributed by atoms with Gasteiger partial charge in [0.1, 0.15) is 0 Å². The molecule has 18 heavy (non-hydrogen) atoms. The van der Waals surface area contributed by atoms with Gasteiger partial charge in [-0.05, 0) is 12.1 Å². The minimum Gasteiger partial charge on any atom is -0.375 e. The van der Waals surface area contributed by atoms with E-state index in [1.807, 2.05) is 5.43 Å². The molecule has 0 aliphatic carbocycles. The van der Waals surface area contributed by atoms with Crippen molar-refractivity contribution >= 4 is 5.91 Å². The first-order valence-corrected chi connectivity index (χ1v) is 5.03. The molecule has 0 unspecified atom stereocenters. The summed E-state index contributed by atoms with van der Waals surface area (Å²) in [6.45, 7) is -0.461. The summed E-state index contributed by atoms with van der Waals surface area (Å²) in [7, 11) is 0. The zero-order valence-corrected chi connectivity index (χ0v) is 9.33. The molecule has 1 aromatic heterocycles. The normalized spacial score (nSPS) is 11.3.